The van der Waals surface area contributed by atoms with Crippen molar-refractivity contribution in [1.82, 2.24) is 0 Å². The van der Waals surface area contributed by atoms with Crippen LogP contribution in [0.1, 0.15) is 51.9 Å². The number of hydrogen-bond donors (Lipinski definition) is 1. The predicted molar refractivity (Wildman–Crippen MR) is 49.9 cm³/mol. The second-order valence-corrected chi connectivity index (χ2v) is 3.07. The quantitative estimate of drug-likeness (QED) is 0.552. The van der Waals surface area contributed by atoms with Gasteiger partial charge in [0.15, 0.2) is 0 Å². The third-order valence-electron chi connectivity index (χ3n) is 1.81. The fourth-order valence-corrected chi connectivity index (χ4v) is 1.08. The number of carboxylic acids is 1. The van der Waals surface area contributed by atoms with Crippen molar-refractivity contribution in [2.24, 2.45) is 0 Å². The fourth-order valence-electron chi connectivity index (χ4n) is 1.08. The molecule has 0 heterocycles. The topological polar surface area (TPSA) is 37.3 Å². The molecule has 0 unspecified atom stereocenters. The maximum absolute atomic E-state index is 10.1. The second kappa shape index (κ2) is 12.8. The Labute approximate surface area is 114 Å². The van der Waals surface area contributed by atoms with Crippen molar-refractivity contribution in [2.45, 2.75) is 51.9 Å². The first-order valence-corrected chi connectivity index (χ1v) is 4.80. The number of unbranched alkanes of at least 4 members (excludes halogenated alkanes) is 6. The molecule has 0 saturated heterocycles. The molecule has 0 fully saturated rings. The molecule has 13 heavy (non-hydrogen) atoms. The van der Waals surface area contributed by atoms with Crippen LogP contribution in [0.25, 0.3) is 0 Å². The van der Waals surface area contributed by atoms with Crippen molar-refractivity contribution >= 4 is 5.97 Å². The van der Waals surface area contributed by atoms with E-state index in [0.717, 1.165) is 19.3 Å². The molecule has 0 aliphatic rings. The van der Waals surface area contributed by atoms with E-state index in [2.05, 4.69) is 13.3 Å². The SMILES string of the molecule is CCCCC[CH-]CCCC(=O)O.[Nd]. The van der Waals surface area contributed by atoms with Gasteiger partial charge in [0.05, 0.1) is 0 Å². The van der Waals surface area contributed by atoms with E-state index in [1.165, 1.54) is 19.3 Å². The van der Waals surface area contributed by atoms with Crippen LogP contribution in [0.15, 0.2) is 0 Å². The molecule has 0 saturated carbocycles. The van der Waals surface area contributed by atoms with E-state index in [-0.39, 0.29) is 40.8 Å². The third kappa shape index (κ3) is 15.6. The van der Waals surface area contributed by atoms with Gasteiger partial charge in [-0.2, -0.15) is 12.8 Å². The minimum absolute atomic E-state index is 0. The molecule has 0 amide bonds. The largest absolute Gasteiger partial charge is 0.481 e. The van der Waals surface area contributed by atoms with Gasteiger partial charge in [0.25, 0.3) is 0 Å². The van der Waals surface area contributed by atoms with Crippen LogP contribution in [0.2, 0.25) is 0 Å². The van der Waals surface area contributed by atoms with Crippen LogP contribution in [-0.4, -0.2) is 11.1 Å². The first-order chi connectivity index (χ1) is 5.77. The minimum atomic E-state index is -0.683. The molecule has 0 aliphatic carbocycles. The zero-order valence-corrected chi connectivity index (χ0v) is 11.6. The predicted octanol–water partition coefficient (Wildman–Crippen LogP) is 3.03. The van der Waals surface area contributed by atoms with Gasteiger partial charge in [-0.25, -0.2) is 0 Å². The molecule has 0 radical (unpaired) electrons. The molecule has 0 bridgehead atoms. The molecule has 0 atom stereocenters. The Hall–Kier alpha value is 0.821. The Morgan fingerprint density at radius 2 is 1.85 bits per heavy atom. The molecule has 0 aliphatic heterocycles. The molecule has 0 aromatic rings. The maximum atomic E-state index is 10.1. The van der Waals surface area contributed by atoms with Gasteiger partial charge in [0, 0.05) is 47.3 Å². The van der Waals surface area contributed by atoms with E-state index in [4.69, 9.17) is 5.11 Å². The Morgan fingerprint density at radius 3 is 2.38 bits per heavy atom. The smallest absolute Gasteiger partial charge is 0.303 e. The molecule has 0 aromatic carbocycles. The van der Waals surface area contributed by atoms with E-state index in [1.807, 2.05) is 0 Å². The summed E-state index contributed by atoms with van der Waals surface area (Å²) in [4.78, 5) is 10.1. The van der Waals surface area contributed by atoms with Crippen molar-refractivity contribution in [3.05, 3.63) is 6.42 Å². The number of carboxylic acid groups (broad SMARTS) is 1. The van der Waals surface area contributed by atoms with Crippen molar-refractivity contribution in [3.8, 4) is 0 Å². The number of hydrogen-bond acceptors (Lipinski definition) is 1. The van der Waals surface area contributed by atoms with Crippen LogP contribution >= 0.6 is 0 Å². The molecular formula is C10H19NdO2-. The van der Waals surface area contributed by atoms with Crippen LogP contribution < -0.4 is 0 Å². The van der Waals surface area contributed by atoms with Gasteiger partial charge in [-0.3, -0.25) is 4.79 Å². The summed E-state index contributed by atoms with van der Waals surface area (Å²) >= 11 is 0. The Morgan fingerprint density at radius 1 is 1.23 bits per heavy atom. The fraction of sp³-hybridized carbons (Fsp3) is 0.800. The van der Waals surface area contributed by atoms with Gasteiger partial charge >= 0.3 is 5.97 Å². The van der Waals surface area contributed by atoms with Gasteiger partial charge in [-0.15, -0.1) is 0 Å². The minimum Gasteiger partial charge on any atom is -0.481 e. The monoisotopic (exact) mass is 313 g/mol. The zero-order valence-electron chi connectivity index (χ0n) is 8.38. The second-order valence-electron chi connectivity index (χ2n) is 3.07. The summed E-state index contributed by atoms with van der Waals surface area (Å²) in [5.74, 6) is -0.683. The summed E-state index contributed by atoms with van der Waals surface area (Å²) in [6.07, 6.45) is 9.20. The van der Waals surface area contributed by atoms with Crippen molar-refractivity contribution in [1.29, 1.82) is 0 Å². The average molecular weight is 316 g/mol. The summed E-state index contributed by atoms with van der Waals surface area (Å²) in [5, 5.41) is 8.34. The first kappa shape index (κ1) is 16.3. The van der Waals surface area contributed by atoms with E-state index in [9.17, 15) is 4.79 Å². The van der Waals surface area contributed by atoms with Gasteiger partial charge in [-0.05, 0) is 0 Å². The van der Waals surface area contributed by atoms with Crippen LogP contribution in [0.3, 0.4) is 0 Å². The Kier molecular flexibility index (Phi) is 16.0. The van der Waals surface area contributed by atoms with Crippen molar-refractivity contribution in [2.75, 3.05) is 0 Å². The van der Waals surface area contributed by atoms with E-state index < -0.39 is 5.97 Å². The van der Waals surface area contributed by atoms with Gasteiger partial charge in [0.2, 0.25) is 0 Å². The Bertz CT molecular complexity index is 115. The third-order valence-corrected chi connectivity index (χ3v) is 1.81. The zero-order chi connectivity index (χ0) is 9.23. The van der Waals surface area contributed by atoms with Crippen LogP contribution in [-0.2, 0) is 4.79 Å². The standard InChI is InChI=1S/C10H19O2.Nd/c1-2-3-4-5-6-7-8-9-10(11)12;/h6H,2-5,7-9H2,1H3,(H,11,12);/q-1;. The summed E-state index contributed by atoms with van der Waals surface area (Å²) in [5.41, 5.74) is 0. The molecule has 76 valence electrons. The average Bonchev–Trinajstić information content (AvgIpc) is 2.02. The first-order valence-electron chi connectivity index (χ1n) is 4.80. The van der Waals surface area contributed by atoms with Crippen molar-refractivity contribution < 1.29 is 50.7 Å². The summed E-state index contributed by atoms with van der Waals surface area (Å²) in [7, 11) is 0. The summed E-state index contributed by atoms with van der Waals surface area (Å²) in [6, 6.07) is 0. The van der Waals surface area contributed by atoms with Gasteiger partial charge < -0.3 is 11.5 Å². The van der Waals surface area contributed by atoms with Gasteiger partial charge in [-0.1, -0.05) is 32.6 Å². The Balaban J connectivity index is 0. The normalized spacial score (nSPS) is 9.31. The maximum Gasteiger partial charge on any atom is 0.303 e. The van der Waals surface area contributed by atoms with E-state index in [0.29, 0.717) is 6.42 Å². The van der Waals surface area contributed by atoms with Crippen LogP contribution in [0.4, 0.5) is 0 Å². The number of carbonyl (C=O) groups is 1. The molecule has 0 aromatic heterocycles. The molecule has 0 spiro atoms. The van der Waals surface area contributed by atoms with Crippen LogP contribution in [0, 0.1) is 47.3 Å². The molecule has 2 nitrogen and oxygen atoms in total. The molecule has 0 rings (SSSR count). The number of rotatable bonds is 8. The van der Waals surface area contributed by atoms with Gasteiger partial charge in [0.1, 0.15) is 0 Å². The van der Waals surface area contributed by atoms with E-state index >= 15 is 0 Å². The molecular weight excluding hydrogens is 296 g/mol. The number of aliphatic carboxylic acids is 1. The van der Waals surface area contributed by atoms with Crippen molar-refractivity contribution in [3.63, 3.8) is 0 Å². The molecule has 3 heteroatoms. The van der Waals surface area contributed by atoms with E-state index in [1.54, 1.807) is 0 Å². The van der Waals surface area contributed by atoms with Crippen LogP contribution in [0.5, 0.6) is 0 Å². The molecule has 1 N–H and O–H groups in total. The summed E-state index contributed by atoms with van der Waals surface area (Å²) in [6.45, 7) is 2.18. The summed E-state index contributed by atoms with van der Waals surface area (Å²) < 4.78 is 0.